The summed E-state index contributed by atoms with van der Waals surface area (Å²) in [6.07, 6.45) is -0.626. The van der Waals surface area contributed by atoms with E-state index in [0.717, 1.165) is 5.56 Å². The SMILES string of the molecule is C[C@@]12O[C@@H](c3ccccc3)[C@@](C)(O1)C(=O)c1ccccc1C2=O. The molecular weight excluding hydrogens is 292 g/mol. The Morgan fingerprint density at radius 2 is 1.39 bits per heavy atom. The molecule has 2 heterocycles. The van der Waals surface area contributed by atoms with Crippen LogP contribution in [-0.2, 0) is 9.47 Å². The molecule has 0 amide bonds. The fourth-order valence-electron chi connectivity index (χ4n) is 3.49. The molecule has 2 aliphatic rings. The summed E-state index contributed by atoms with van der Waals surface area (Å²) in [6.45, 7) is 3.29. The van der Waals surface area contributed by atoms with E-state index in [4.69, 9.17) is 9.47 Å². The molecule has 2 aromatic carbocycles. The van der Waals surface area contributed by atoms with Crippen LogP contribution in [0.1, 0.15) is 46.2 Å². The van der Waals surface area contributed by atoms with Crippen LogP contribution in [0.3, 0.4) is 0 Å². The molecule has 1 saturated heterocycles. The minimum atomic E-state index is -1.46. The van der Waals surface area contributed by atoms with Crippen LogP contribution in [0, 0.1) is 0 Å². The number of benzene rings is 2. The first kappa shape index (κ1) is 14.3. The van der Waals surface area contributed by atoms with Gasteiger partial charge in [-0.1, -0.05) is 54.6 Å². The lowest BCUT2D eigenvalue weighted by Crippen LogP contribution is -2.41. The lowest BCUT2D eigenvalue weighted by molar-refractivity contribution is -0.131. The van der Waals surface area contributed by atoms with Gasteiger partial charge < -0.3 is 9.47 Å². The standard InChI is InChI=1S/C19H16O4/c1-18-15(20)13-10-6-7-11-14(13)16(21)19(2,23-18)22-17(18)12-8-4-3-5-9-12/h3-11,17H,1-2H3/t17-,18-,19+/m0/s1. The number of carbonyl (C=O) groups excluding carboxylic acids is 2. The van der Waals surface area contributed by atoms with Gasteiger partial charge in [0.25, 0.3) is 0 Å². The van der Waals surface area contributed by atoms with E-state index < -0.39 is 17.5 Å². The minimum Gasteiger partial charge on any atom is -0.332 e. The normalized spacial score (nSPS) is 32.5. The van der Waals surface area contributed by atoms with Crippen LogP contribution in [0.15, 0.2) is 54.6 Å². The molecule has 2 bridgehead atoms. The van der Waals surface area contributed by atoms with Crippen molar-refractivity contribution in [3.63, 3.8) is 0 Å². The van der Waals surface area contributed by atoms with Crippen LogP contribution in [0.25, 0.3) is 0 Å². The number of ether oxygens (including phenoxy) is 2. The zero-order chi connectivity index (χ0) is 16.2. The smallest absolute Gasteiger partial charge is 0.232 e. The molecule has 1 fully saturated rings. The molecule has 0 unspecified atom stereocenters. The van der Waals surface area contributed by atoms with E-state index in [-0.39, 0.29) is 11.6 Å². The topological polar surface area (TPSA) is 52.6 Å². The highest BCUT2D eigenvalue weighted by atomic mass is 16.8. The molecule has 2 aromatic rings. The first-order valence-electron chi connectivity index (χ1n) is 7.57. The summed E-state index contributed by atoms with van der Waals surface area (Å²) in [6, 6.07) is 16.2. The quantitative estimate of drug-likeness (QED) is 0.811. The summed E-state index contributed by atoms with van der Waals surface area (Å²) in [5.41, 5.74) is 0.334. The molecule has 0 saturated carbocycles. The van der Waals surface area contributed by atoms with E-state index in [1.54, 1.807) is 38.1 Å². The van der Waals surface area contributed by atoms with Crippen molar-refractivity contribution in [2.75, 3.05) is 0 Å². The first-order chi connectivity index (χ1) is 11.0. The van der Waals surface area contributed by atoms with Gasteiger partial charge in [-0.15, -0.1) is 0 Å². The van der Waals surface area contributed by atoms with Crippen molar-refractivity contribution >= 4 is 11.6 Å². The summed E-state index contributed by atoms with van der Waals surface area (Å²) < 4.78 is 11.9. The summed E-state index contributed by atoms with van der Waals surface area (Å²) in [5.74, 6) is -2.00. The Morgan fingerprint density at radius 1 is 0.826 bits per heavy atom. The maximum atomic E-state index is 13.1. The highest BCUT2D eigenvalue weighted by Crippen LogP contribution is 2.50. The number of hydrogen-bond acceptors (Lipinski definition) is 4. The molecule has 0 aliphatic carbocycles. The van der Waals surface area contributed by atoms with Crippen LogP contribution in [0.4, 0.5) is 0 Å². The Morgan fingerprint density at radius 3 is 2.04 bits per heavy atom. The van der Waals surface area contributed by atoms with Gasteiger partial charge >= 0.3 is 0 Å². The van der Waals surface area contributed by atoms with Gasteiger partial charge in [-0.25, -0.2) is 0 Å². The molecule has 116 valence electrons. The van der Waals surface area contributed by atoms with Crippen molar-refractivity contribution in [3.05, 3.63) is 71.3 Å². The monoisotopic (exact) mass is 308 g/mol. The average molecular weight is 308 g/mol. The van der Waals surface area contributed by atoms with Gasteiger partial charge in [0.15, 0.2) is 11.4 Å². The number of rotatable bonds is 1. The molecule has 4 nitrogen and oxygen atoms in total. The van der Waals surface area contributed by atoms with Crippen LogP contribution >= 0.6 is 0 Å². The van der Waals surface area contributed by atoms with E-state index in [2.05, 4.69) is 0 Å². The van der Waals surface area contributed by atoms with Crippen LogP contribution in [0.2, 0.25) is 0 Å². The van der Waals surface area contributed by atoms with Gasteiger partial charge in [-0.05, 0) is 19.4 Å². The number of fused-ring (bicyclic) bond motifs is 3. The molecule has 0 radical (unpaired) electrons. The highest BCUT2D eigenvalue weighted by Gasteiger charge is 2.62. The molecule has 4 rings (SSSR count). The summed E-state index contributed by atoms with van der Waals surface area (Å²) in [5, 5.41) is 0. The van der Waals surface area contributed by atoms with Crippen molar-refractivity contribution in [2.45, 2.75) is 31.3 Å². The molecule has 2 aliphatic heterocycles. The van der Waals surface area contributed by atoms with Gasteiger partial charge in [-0.2, -0.15) is 0 Å². The molecule has 0 spiro atoms. The van der Waals surface area contributed by atoms with Crippen molar-refractivity contribution in [1.82, 2.24) is 0 Å². The van der Waals surface area contributed by atoms with E-state index in [1.807, 2.05) is 30.3 Å². The number of hydrogen-bond donors (Lipinski definition) is 0. The second kappa shape index (κ2) is 4.60. The number of carbonyl (C=O) groups is 2. The zero-order valence-electron chi connectivity index (χ0n) is 12.9. The molecule has 3 atom stereocenters. The Bertz CT molecular complexity index is 813. The molecule has 4 heteroatoms. The average Bonchev–Trinajstić information content (AvgIpc) is 2.85. The van der Waals surface area contributed by atoms with Gasteiger partial charge in [0.05, 0.1) is 0 Å². The Kier molecular flexibility index (Phi) is 2.86. The van der Waals surface area contributed by atoms with Crippen LogP contribution in [0.5, 0.6) is 0 Å². The minimum absolute atomic E-state index is 0.225. The fraction of sp³-hybridized carbons (Fsp3) is 0.263. The highest BCUT2D eigenvalue weighted by molar-refractivity contribution is 6.16. The van der Waals surface area contributed by atoms with Gasteiger partial charge in [0.2, 0.25) is 11.6 Å². The van der Waals surface area contributed by atoms with E-state index in [1.165, 1.54) is 0 Å². The van der Waals surface area contributed by atoms with E-state index >= 15 is 0 Å². The second-order valence-corrected chi connectivity index (χ2v) is 6.27. The number of Topliss-reactive ketones (excluding diaryl/α,β-unsaturated/α-hetero) is 2. The lowest BCUT2D eigenvalue weighted by Gasteiger charge is -2.27. The molecule has 0 aromatic heterocycles. The van der Waals surface area contributed by atoms with Crippen LogP contribution < -0.4 is 0 Å². The Hall–Kier alpha value is -2.30. The molecule has 0 N–H and O–H groups in total. The largest absolute Gasteiger partial charge is 0.332 e. The third-order valence-corrected chi connectivity index (χ3v) is 4.63. The van der Waals surface area contributed by atoms with Gasteiger partial charge in [0.1, 0.15) is 6.10 Å². The Balaban J connectivity index is 1.94. The summed E-state index contributed by atoms with van der Waals surface area (Å²) >= 11 is 0. The van der Waals surface area contributed by atoms with Crippen molar-refractivity contribution in [2.24, 2.45) is 0 Å². The fourth-order valence-corrected chi connectivity index (χ4v) is 3.49. The predicted molar refractivity (Wildman–Crippen MR) is 83.3 cm³/mol. The van der Waals surface area contributed by atoms with Gasteiger partial charge in [-0.3, -0.25) is 9.59 Å². The van der Waals surface area contributed by atoms with Gasteiger partial charge in [0, 0.05) is 11.1 Å². The maximum absolute atomic E-state index is 13.1. The Labute approximate surface area is 134 Å². The first-order valence-corrected chi connectivity index (χ1v) is 7.57. The maximum Gasteiger partial charge on any atom is 0.232 e. The molecule has 23 heavy (non-hydrogen) atoms. The van der Waals surface area contributed by atoms with Crippen LogP contribution in [-0.4, -0.2) is 23.0 Å². The van der Waals surface area contributed by atoms with Crippen molar-refractivity contribution in [1.29, 1.82) is 0 Å². The van der Waals surface area contributed by atoms with Crippen molar-refractivity contribution < 1.29 is 19.1 Å². The van der Waals surface area contributed by atoms with E-state index in [0.29, 0.717) is 11.1 Å². The second-order valence-electron chi connectivity index (χ2n) is 6.27. The predicted octanol–water partition coefficient (Wildman–Crippen LogP) is 3.33. The third-order valence-electron chi connectivity index (χ3n) is 4.63. The number of ketones is 2. The lowest BCUT2D eigenvalue weighted by atomic mass is 9.83. The summed E-state index contributed by atoms with van der Waals surface area (Å²) in [7, 11) is 0. The third kappa shape index (κ3) is 1.85. The summed E-state index contributed by atoms with van der Waals surface area (Å²) in [4.78, 5) is 26.0. The van der Waals surface area contributed by atoms with Crippen molar-refractivity contribution in [3.8, 4) is 0 Å². The van der Waals surface area contributed by atoms with E-state index in [9.17, 15) is 9.59 Å². The molecular formula is C19H16O4. The zero-order valence-corrected chi connectivity index (χ0v) is 12.9.